The molecule has 4 nitrogen and oxygen atoms in total. The molecule has 0 fully saturated rings. The van der Waals surface area contributed by atoms with E-state index >= 15 is 0 Å². The van der Waals surface area contributed by atoms with Gasteiger partial charge in [0.2, 0.25) is 0 Å². The minimum atomic E-state index is -0.134. The molecule has 1 aromatic heterocycles. The Morgan fingerprint density at radius 3 is 2.38 bits per heavy atom. The van der Waals surface area contributed by atoms with Crippen molar-refractivity contribution in [1.29, 1.82) is 0 Å². The van der Waals surface area contributed by atoms with Crippen LogP contribution in [0.15, 0.2) is 85.1 Å². The summed E-state index contributed by atoms with van der Waals surface area (Å²) < 4.78 is 7.76. The smallest absolute Gasteiger partial charge is 0.255 e. The molecule has 1 heterocycles. The average molecular weight is 342 g/mol. The normalized spacial score (nSPS) is 10.7. The fourth-order valence-corrected chi connectivity index (χ4v) is 2.84. The second kappa shape index (κ2) is 6.76. The van der Waals surface area contributed by atoms with Crippen LogP contribution in [0.2, 0.25) is 0 Å². The lowest BCUT2D eigenvalue weighted by Gasteiger charge is -2.08. The predicted molar refractivity (Wildman–Crippen MR) is 104 cm³/mol. The summed E-state index contributed by atoms with van der Waals surface area (Å²) in [6.45, 7) is 0. The average Bonchev–Trinajstić information content (AvgIpc) is 3.04. The molecule has 0 unspecified atom stereocenters. The van der Waals surface area contributed by atoms with Crippen molar-refractivity contribution >= 4 is 22.5 Å². The van der Waals surface area contributed by atoms with E-state index in [-0.39, 0.29) is 5.91 Å². The van der Waals surface area contributed by atoms with Crippen molar-refractivity contribution in [3.8, 4) is 11.5 Å². The number of hydrogen-bond donors (Lipinski definition) is 1. The highest BCUT2D eigenvalue weighted by Gasteiger charge is 2.08. The molecule has 4 rings (SSSR count). The van der Waals surface area contributed by atoms with Gasteiger partial charge in [-0.3, -0.25) is 4.79 Å². The summed E-state index contributed by atoms with van der Waals surface area (Å²) in [6.07, 6.45) is 1.98. The molecule has 0 bridgehead atoms. The third kappa shape index (κ3) is 3.30. The second-order valence-electron chi connectivity index (χ2n) is 6.09. The third-order valence-corrected chi connectivity index (χ3v) is 4.24. The van der Waals surface area contributed by atoms with Gasteiger partial charge in [0.25, 0.3) is 5.91 Å². The van der Waals surface area contributed by atoms with E-state index in [4.69, 9.17) is 4.74 Å². The van der Waals surface area contributed by atoms with Gasteiger partial charge in [0.1, 0.15) is 11.5 Å². The number of benzene rings is 3. The van der Waals surface area contributed by atoms with Gasteiger partial charge in [0, 0.05) is 30.0 Å². The number of amides is 1. The van der Waals surface area contributed by atoms with E-state index in [2.05, 4.69) is 5.32 Å². The van der Waals surface area contributed by atoms with Gasteiger partial charge in [-0.1, -0.05) is 24.3 Å². The van der Waals surface area contributed by atoms with Crippen LogP contribution < -0.4 is 10.1 Å². The molecule has 128 valence electrons. The van der Waals surface area contributed by atoms with E-state index < -0.39 is 0 Å². The Balaban J connectivity index is 1.47. The highest BCUT2D eigenvalue weighted by Crippen LogP contribution is 2.23. The Morgan fingerprint density at radius 2 is 1.62 bits per heavy atom. The topological polar surface area (TPSA) is 43.3 Å². The molecule has 1 amide bonds. The van der Waals surface area contributed by atoms with Crippen LogP contribution >= 0.6 is 0 Å². The van der Waals surface area contributed by atoms with Crippen molar-refractivity contribution in [2.45, 2.75) is 0 Å². The van der Waals surface area contributed by atoms with Gasteiger partial charge in [-0.25, -0.2) is 0 Å². The predicted octanol–water partition coefficient (Wildman–Crippen LogP) is 5.22. The molecule has 0 aliphatic carbocycles. The molecular formula is C22H18N2O2. The van der Waals surface area contributed by atoms with E-state index in [1.54, 1.807) is 0 Å². The Labute approximate surface area is 151 Å². The van der Waals surface area contributed by atoms with Crippen molar-refractivity contribution < 1.29 is 9.53 Å². The van der Waals surface area contributed by atoms with Gasteiger partial charge >= 0.3 is 0 Å². The van der Waals surface area contributed by atoms with Crippen LogP contribution in [0.3, 0.4) is 0 Å². The van der Waals surface area contributed by atoms with E-state index in [1.165, 1.54) is 0 Å². The van der Waals surface area contributed by atoms with Gasteiger partial charge in [0.05, 0.1) is 0 Å². The first-order chi connectivity index (χ1) is 12.7. The van der Waals surface area contributed by atoms with Gasteiger partial charge in [0.15, 0.2) is 0 Å². The summed E-state index contributed by atoms with van der Waals surface area (Å²) in [5, 5.41) is 4.04. The van der Waals surface area contributed by atoms with Crippen molar-refractivity contribution in [2.24, 2.45) is 7.05 Å². The Kier molecular flexibility index (Phi) is 4.15. The van der Waals surface area contributed by atoms with Crippen molar-refractivity contribution in [1.82, 2.24) is 4.57 Å². The zero-order chi connectivity index (χ0) is 17.9. The summed E-state index contributed by atoms with van der Waals surface area (Å²) in [4.78, 5) is 12.5. The molecule has 0 radical (unpaired) electrons. The van der Waals surface area contributed by atoms with E-state index in [1.807, 2.05) is 96.7 Å². The van der Waals surface area contributed by atoms with E-state index in [0.717, 1.165) is 28.1 Å². The van der Waals surface area contributed by atoms with Crippen LogP contribution in [0, 0.1) is 0 Å². The molecule has 0 saturated carbocycles. The van der Waals surface area contributed by atoms with Crippen molar-refractivity contribution in [3.05, 3.63) is 90.6 Å². The minimum absolute atomic E-state index is 0.134. The fourth-order valence-electron chi connectivity index (χ4n) is 2.84. The number of hydrogen-bond acceptors (Lipinski definition) is 2. The minimum Gasteiger partial charge on any atom is -0.457 e. The third-order valence-electron chi connectivity index (χ3n) is 4.24. The van der Waals surface area contributed by atoms with Gasteiger partial charge in [-0.2, -0.15) is 0 Å². The van der Waals surface area contributed by atoms with Gasteiger partial charge in [-0.05, 0) is 60.0 Å². The number of rotatable bonds is 4. The van der Waals surface area contributed by atoms with Crippen LogP contribution in [0.25, 0.3) is 10.9 Å². The van der Waals surface area contributed by atoms with E-state index in [0.29, 0.717) is 5.56 Å². The number of anilines is 1. The molecule has 0 aliphatic heterocycles. The second-order valence-corrected chi connectivity index (χ2v) is 6.09. The van der Waals surface area contributed by atoms with Gasteiger partial charge in [-0.15, -0.1) is 0 Å². The van der Waals surface area contributed by atoms with Crippen LogP contribution in [-0.4, -0.2) is 10.5 Å². The Hall–Kier alpha value is -3.53. The molecule has 26 heavy (non-hydrogen) atoms. The summed E-state index contributed by atoms with van der Waals surface area (Å²) in [5.74, 6) is 1.37. The number of para-hydroxylation sites is 1. The molecule has 3 aromatic carbocycles. The molecule has 0 saturated heterocycles. The number of aromatic nitrogens is 1. The first kappa shape index (κ1) is 16.0. The quantitative estimate of drug-likeness (QED) is 0.552. The summed E-state index contributed by atoms with van der Waals surface area (Å²) in [7, 11) is 1.97. The number of ether oxygens (including phenoxy) is 1. The summed E-state index contributed by atoms with van der Waals surface area (Å²) in [6, 6.07) is 24.6. The number of nitrogens with zero attached hydrogens (tertiary/aromatic N) is 1. The van der Waals surface area contributed by atoms with Crippen LogP contribution in [0.1, 0.15) is 10.4 Å². The zero-order valence-electron chi connectivity index (χ0n) is 14.3. The fraction of sp³-hybridized carbons (Fsp3) is 0.0455. The maximum Gasteiger partial charge on any atom is 0.255 e. The van der Waals surface area contributed by atoms with E-state index in [9.17, 15) is 4.79 Å². The molecular weight excluding hydrogens is 324 g/mol. The summed E-state index contributed by atoms with van der Waals surface area (Å²) >= 11 is 0. The first-order valence-corrected chi connectivity index (χ1v) is 8.38. The van der Waals surface area contributed by atoms with Crippen molar-refractivity contribution in [2.75, 3.05) is 5.32 Å². The highest BCUT2D eigenvalue weighted by atomic mass is 16.5. The molecule has 4 aromatic rings. The Bertz CT molecular complexity index is 1050. The first-order valence-electron chi connectivity index (χ1n) is 8.38. The zero-order valence-corrected chi connectivity index (χ0v) is 14.3. The molecule has 4 heteroatoms. The maximum atomic E-state index is 12.5. The largest absolute Gasteiger partial charge is 0.457 e. The lowest BCUT2D eigenvalue weighted by Crippen LogP contribution is -2.11. The number of nitrogens with one attached hydrogen (secondary N) is 1. The Morgan fingerprint density at radius 1 is 0.885 bits per heavy atom. The number of fused-ring (bicyclic) bond motifs is 1. The number of carbonyl (C=O) groups is 1. The van der Waals surface area contributed by atoms with Gasteiger partial charge < -0.3 is 14.6 Å². The lowest BCUT2D eigenvalue weighted by atomic mass is 10.1. The lowest BCUT2D eigenvalue weighted by molar-refractivity contribution is 0.102. The van der Waals surface area contributed by atoms with Crippen LogP contribution in [0.4, 0.5) is 5.69 Å². The van der Waals surface area contributed by atoms with Crippen molar-refractivity contribution in [3.63, 3.8) is 0 Å². The number of aryl methyl sites for hydroxylation is 1. The van der Waals surface area contributed by atoms with Crippen LogP contribution in [0.5, 0.6) is 11.5 Å². The molecule has 0 spiro atoms. The monoisotopic (exact) mass is 342 g/mol. The SMILES string of the molecule is Cn1ccc2ccc(C(=O)Nc3ccc(Oc4ccccc4)cc3)cc21. The number of carbonyl (C=O) groups excluding carboxylic acids is 1. The standard InChI is InChI=1S/C22H18N2O2/c1-24-14-13-16-7-8-17(15-21(16)24)22(25)23-18-9-11-20(12-10-18)26-19-5-3-2-4-6-19/h2-15H,1H3,(H,23,25). The van der Waals surface area contributed by atoms with Crippen LogP contribution in [-0.2, 0) is 7.05 Å². The molecule has 0 aliphatic rings. The highest BCUT2D eigenvalue weighted by molar-refractivity contribution is 6.06. The summed E-state index contributed by atoms with van der Waals surface area (Å²) in [5.41, 5.74) is 2.38. The molecule has 1 N–H and O–H groups in total. The maximum absolute atomic E-state index is 12.5. The molecule has 0 atom stereocenters.